The number of hydrogen-bond donors (Lipinski definition) is 2. The van der Waals surface area contributed by atoms with Crippen molar-refractivity contribution in [2.24, 2.45) is 0 Å². The lowest BCUT2D eigenvalue weighted by Crippen LogP contribution is -2.39. The molecular formula is C13H20N2O2. The van der Waals surface area contributed by atoms with Crippen LogP contribution in [0.5, 0.6) is 0 Å². The number of amides is 1. The van der Waals surface area contributed by atoms with E-state index in [2.05, 4.69) is 5.32 Å². The minimum absolute atomic E-state index is 0.189. The summed E-state index contributed by atoms with van der Waals surface area (Å²) in [4.78, 5) is 11.9. The Kier molecular flexibility index (Phi) is 3.78. The second-order valence-corrected chi connectivity index (χ2v) is 4.69. The van der Waals surface area contributed by atoms with Gasteiger partial charge in [-0.2, -0.15) is 0 Å². The quantitative estimate of drug-likeness (QED) is 0.791. The van der Waals surface area contributed by atoms with Crippen molar-refractivity contribution in [1.82, 2.24) is 0 Å². The van der Waals surface area contributed by atoms with Crippen molar-refractivity contribution in [2.75, 3.05) is 18.2 Å². The molecule has 0 saturated carbocycles. The van der Waals surface area contributed by atoms with Gasteiger partial charge in [0, 0.05) is 18.5 Å². The van der Waals surface area contributed by atoms with Gasteiger partial charge in [-0.05, 0) is 44.9 Å². The van der Waals surface area contributed by atoms with Gasteiger partial charge < -0.3 is 15.8 Å². The average molecular weight is 236 g/mol. The maximum atomic E-state index is 11.9. The highest BCUT2D eigenvalue weighted by Gasteiger charge is 2.27. The zero-order valence-electron chi connectivity index (χ0n) is 11.0. The van der Waals surface area contributed by atoms with Crippen LogP contribution >= 0.6 is 0 Å². The molecule has 17 heavy (non-hydrogen) atoms. The fraction of sp³-hybridized carbons (Fsp3) is 0.462. The summed E-state index contributed by atoms with van der Waals surface area (Å²) in [5.74, 6) is -0.189. The predicted octanol–water partition coefficient (Wildman–Crippen LogP) is 2.25. The molecule has 0 radical (unpaired) electrons. The Bertz CT molecular complexity index is 439. The van der Waals surface area contributed by atoms with Crippen molar-refractivity contribution in [3.8, 4) is 0 Å². The molecule has 0 aliphatic heterocycles. The van der Waals surface area contributed by atoms with E-state index in [0.29, 0.717) is 5.69 Å². The Morgan fingerprint density at radius 2 is 1.88 bits per heavy atom. The van der Waals surface area contributed by atoms with Gasteiger partial charge in [-0.3, -0.25) is 4.79 Å². The van der Waals surface area contributed by atoms with E-state index < -0.39 is 5.60 Å². The second kappa shape index (κ2) is 4.75. The van der Waals surface area contributed by atoms with Gasteiger partial charge in [-0.1, -0.05) is 6.07 Å². The number of anilines is 2. The Balaban J connectivity index is 2.97. The van der Waals surface area contributed by atoms with Crippen molar-refractivity contribution in [3.63, 3.8) is 0 Å². The van der Waals surface area contributed by atoms with Crippen LogP contribution < -0.4 is 11.1 Å². The SMILES string of the molecule is COC(C)(C)C(=O)Nc1cc(N)c(C)cc1C. The van der Waals surface area contributed by atoms with Crippen molar-refractivity contribution in [1.29, 1.82) is 0 Å². The first-order valence-electron chi connectivity index (χ1n) is 5.51. The Labute approximate surface area is 102 Å². The molecule has 0 saturated heterocycles. The van der Waals surface area contributed by atoms with Gasteiger partial charge in [0.05, 0.1) is 0 Å². The molecule has 0 spiro atoms. The number of nitrogens with one attached hydrogen (secondary N) is 1. The van der Waals surface area contributed by atoms with Crippen LogP contribution in [0.4, 0.5) is 11.4 Å². The van der Waals surface area contributed by atoms with Crippen molar-refractivity contribution >= 4 is 17.3 Å². The zero-order chi connectivity index (χ0) is 13.2. The Morgan fingerprint density at radius 3 is 2.41 bits per heavy atom. The molecule has 0 bridgehead atoms. The molecule has 94 valence electrons. The molecule has 0 unspecified atom stereocenters. The highest BCUT2D eigenvalue weighted by Crippen LogP contribution is 2.23. The van der Waals surface area contributed by atoms with Crippen molar-refractivity contribution < 1.29 is 9.53 Å². The van der Waals surface area contributed by atoms with E-state index in [4.69, 9.17) is 10.5 Å². The molecule has 0 aromatic heterocycles. The van der Waals surface area contributed by atoms with E-state index >= 15 is 0 Å². The maximum absolute atomic E-state index is 11.9. The van der Waals surface area contributed by atoms with Crippen molar-refractivity contribution in [2.45, 2.75) is 33.3 Å². The monoisotopic (exact) mass is 236 g/mol. The molecule has 1 aromatic rings. The summed E-state index contributed by atoms with van der Waals surface area (Å²) >= 11 is 0. The number of methoxy groups -OCH3 is 1. The molecule has 0 atom stereocenters. The lowest BCUT2D eigenvalue weighted by molar-refractivity contribution is -0.133. The molecule has 0 aliphatic carbocycles. The number of rotatable bonds is 3. The maximum Gasteiger partial charge on any atom is 0.256 e. The van der Waals surface area contributed by atoms with Crippen LogP contribution in [0, 0.1) is 13.8 Å². The number of carbonyl (C=O) groups is 1. The zero-order valence-corrected chi connectivity index (χ0v) is 11.0. The first kappa shape index (κ1) is 13.5. The summed E-state index contributed by atoms with van der Waals surface area (Å²) in [5, 5.41) is 2.83. The number of nitrogen functional groups attached to an aromatic ring is 1. The van der Waals surface area contributed by atoms with Crippen LogP contribution in [0.1, 0.15) is 25.0 Å². The molecule has 1 amide bonds. The molecule has 0 aliphatic rings. The van der Waals surface area contributed by atoms with Gasteiger partial charge in [-0.15, -0.1) is 0 Å². The minimum Gasteiger partial charge on any atom is -0.398 e. The Hall–Kier alpha value is -1.55. The molecular weight excluding hydrogens is 216 g/mol. The fourth-order valence-electron chi connectivity index (χ4n) is 1.37. The third-order valence-electron chi connectivity index (χ3n) is 2.92. The normalized spacial score (nSPS) is 11.4. The summed E-state index contributed by atoms with van der Waals surface area (Å²) in [5.41, 5.74) is 8.35. The van der Waals surface area contributed by atoms with Crippen LogP contribution in [0.2, 0.25) is 0 Å². The van der Waals surface area contributed by atoms with E-state index in [9.17, 15) is 4.79 Å². The Morgan fingerprint density at radius 1 is 1.29 bits per heavy atom. The molecule has 0 heterocycles. The fourth-order valence-corrected chi connectivity index (χ4v) is 1.37. The van der Waals surface area contributed by atoms with E-state index in [1.54, 1.807) is 19.9 Å². The van der Waals surface area contributed by atoms with Gasteiger partial charge in [-0.25, -0.2) is 0 Å². The first-order valence-corrected chi connectivity index (χ1v) is 5.51. The predicted molar refractivity (Wildman–Crippen MR) is 70.0 cm³/mol. The van der Waals surface area contributed by atoms with Gasteiger partial charge in [0.15, 0.2) is 0 Å². The van der Waals surface area contributed by atoms with Crippen LogP contribution in [0.25, 0.3) is 0 Å². The minimum atomic E-state index is -0.855. The van der Waals surface area contributed by atoms with Gasteiger partial charge in [0.25, 0.3) is 5.91 Å². The van der Waals surface area contributed by atoms with E-state index in [0.717, 1.165) is 16.8 Å². The average Bonchev–Trinajstić information content (AvgIpc) is 2.25. The molecule has 3 N–H and O–H groups in total. The number of nitrogens with two attached hydrogens (primary N) is 1. The number of aryl methyl sites for hydroxylation is 2. The van der Waals surface area contributed by atoms with E-state index in [1.807, 2.05) is 19.9 Å². The summed E-state index contributed by atoms with van der Waals surface area (Å²) in [6.07, 6.45) is 0. The lowest BCUT2D eigenvalue weighted by atomic mass is 10.1. The lowest BCUT2D eigenvalue weighted by Gasteiger charge is -2.22. The summed E-state index contributed by atoms with van der Waals surface area (Å²) < 4.78 is 5.12. The van der Waals surface area contributed by atoms with Gasteiger partial charge in [0.1, 0.15) is 5.60 Å². The number of hydrogen-bond acceptors (Lipinski definition) is 3. The molecule has 0 fully saturated rings. The molecule has 4 nitrogen and oxygen atoms in total. The third-order valence-corrected chi connectivity index (χ3v) is 2.92. The smallest absolute Gasteiger partial charge is 0.256 e. The van der Waals surface area contributed by atoms with Crippen molar-refractivity contribution in [3.05, 3.63) is 23.3 Å². The highest BCUT2D eigenvalue weighted by molar-refractivity contribution is 5.97. The molecule has 1 aromatic carbocycles. The second-order valence-electron chi connectivity index (χ2n) is 4.69. The third kappa shape index (κ3) is 2.97. The van der Waals surface area contributed by atoms with Crippen LogP contribution in [0.15, 0.2) is 12.1 Å². The number of ether oxygens (including phenoxy) is 1. The largest absolute Gasteiger partial charge is 0.398 e. The first-order chi connectivity index (χ1) is 7.77. The highest BCUT2D eigenvalue weighted by atomic mass is 16.5. The van der Waals surface area contributed by atoms with Gasteiger partial charge >= 0.3 is 0 Å². The topological polar surface area (TPSA) is 64.3 Å². The standard InChI is InChI=1S/C13H20N2O2/c1-8-6-9(2)11(7-10(8)14)15-12(16)13(3,4)17-5/h6-7H,14H2,1-5H3,(H,15,16). The number of carbonyl (C=O) groups excluding carboxylic acids is 1. The molecule has 1 rings (SSSR count). The molecule has 4 heteroatoms. The van der Waals surface area contributed by atoms with E-state index in [1.165, 1.54) is 7.11 Å². The number of benzene rings is 1. The summed E-state index contributed by atoms with van der Waals surface area (Å²) in [6, 6.07) is 3.72. The van der Waals surface area contributed by atoms with Gasteiger partial charge in [0.2, 0.25) is 0 Å². The summed E-state index contributed by atoms with van der Waals surface area (Å²) in [7, 11) is 1.51. The van der Waals surface area contributed by atoms with Crippen LogP contribution in [-0.2, 0) is 9.53 Å². The summed E-state index contributed by atoms with van der Waals surface area (Å²) in [6.45, 7) is 7.30. The van der Waals surface area contributed by atoms with Crippen LogP contribution in [0.3, 0.4) is 0 Å². The van der Waals surface area contributed by atoms with Crippen LogP contribution in [-0.4, -0.2) is 18.6 Å². The van der Waals surface area contributed by atoms with E-state index in [-0.39, 0.29) is 5.91 Å².